The Hall–Kier alpha value is -0.900. The molecule has 128 valence electrons. The molecule has 1 aliphatic carbocycles. The first-order valence-electron chi connectivity index (χ1n) is 9.33. The van der Waals surface area contributed by atoms with Gasteiger partial charge in [-0.2, -0.15) is 0 Å². The molecular formula is C20H31NO2. The van der Waals surface area contributed by atoms with Crippen LogP contribution in [0.1, 0.15) is 57.4 Å². The van der Waals surface area contributed by atoms with Crippen molar-refractivity contribution in [1.82, 2.24) is 5.32 Å². The van der Waals surface area contributed by atoms with Gasteiger partial charge >= 0.3 is 0 Å². The minimum atomic E-state index is -0.277. The molecule has 1 aromatic carbocycles. The van der Waals surface area contributed by atoms with Crippen molar-refractivity contribution in [3.8, 4) is 0 Å². The molecule has 0 bridgehead atoms. The zero-order valence-electron chi connectivity index (χ0n) is 14.5. The third-order valence-corrected chi connectivity index (χ3v) is 5.59. The minimum absolute atomic E-state index is 0.230. The van der Waals surface area contributed by atoms with Crippen LogP contribution >= 0.6 is 0 Å². The van der Waals surface area contributed by atoms with E-state index in [4.69, 9.17) is 9.47 Å². The first-order valence-corrected chi connectivity index (χ1v) is 9.33. The number of ether oxygens (including phenoxy) is 2. The molecule has 1 heterocycles. The van der Waals surface area contributed by atoms with Gasteiger partial charge in [0.15, 0.2) is 5.79 Å². The molecule has 1 aromatic rings. The summed E-state index contributed by atoms with van der Waals surface area (Å²) in [6, 6.07) is 11.0. The van der Waals surface area contributed by atoms with Crippen molar-refractivity contribution >= 4 is 0 Å². The lowest BCUT2D eigenvalue weighted by atomic mass is 9.67. The highest BCUT2D eigenvalue weighted by atomic mass is 16.7. The van der Waals surface area contributed by atoms with E-state index in [1.54, 1.807) is 0 Å². The molecule has 0 aromatic heterocycles. The van der Waals surface area contributed by atoms with Gasteiger partial charge in [0, 0.05) is 24.8 Å². The second kappa shape index (κ2) is 7.78. The lowest BCUT2D eigenvalue weighted by Gasteiger charge is -2.44. The Balaban J connectivity index is 1.65. The molecule has 1 saturated heterocycles. The Bertz CT molecular complexity index is 458. The fourth-order valence-electron chi connectivity index (χ4n) is 4.08. The van der Waals surface area contributed by atoms with Gasteiger partial charge < -0.3 is 14.8 Å². The van der Waals surface area contributed by atoms with Gasteiger partial charge in [0.2, 0.25) is 0 Å². The van der Waals surface area contributed by atoms with Gasteiger partial charge in [0.05, 0.1) is 13.2 Å². The molecule has 0 radical (unpaired) electrons. The van der Waals surface area contributed by atoms with Gasteiger partial charge in [0.25, 0.3) is 0 Å². The normalized spacial score (nSPS) is 22.5. The summed E-state index contributed by atoms with van der Waals surface area (Å²) in [5.74, 6) is -0.277. The minimum Gasteiger partial charge on any atom is -0.348 e. The SMILES string of the molecule is CCCCCNCC1(c2ccccc2)CCC2(CC1)OCCO2. The van der Waals surface area contributed by atoms with E-state index in [-0.39, 0.29) is 11.2 Å². The number of rotatable bonds is 7. The maximum absolute atomic E-state index is 5.93. The summed E-state index contributed by atoms with van der Waals surface area (Å²) in [7, 11) is 0. The number of hydrogen-bond acceptors (Lipinski definition) is 3. The van der Waals surface area contributed by atoms with Gasteiger partial charge in [-0.05, 0) is 31.4 Å². The summed E-state index contributed by atoms with van der Waals surface area (Å²) in [6.07, 6.45) is 8.17. The van der Waals surface area contributed by atoms with Crippen molar-refractivity contribution in [2.45, 2.75) is 63.1 Å². The van der Waals surface area contributed by atoms with Gasteiger partial charge in [-0.15, -0.1) is 0 Å². The van der Waals surface area contributed by atoms with E-state index in [1.807, 2.05) is 0 Å². The maximum Gasteiger partial charge on any atom is 0.168 e. The second-order valence-corrected chi connectivity index (χ2v) is 7.14. The fraction of sp³-hybridized carbons (Fsp3) is 0.700. The Labute approximate surface area is 140 Å². The topological polar surface area (TPSA) is 30.5 Å². The summed E-state index contributed by atoms with van der Waals surface area (Å²) < 4.78 is 11.9. The Morgan fingerprint density at radius 3 is 2.30 bits per heavy atom. The molecule has 0 unspecified atom stereocenters. The second-order valence-electron chi connectivity index (χ2n) is 7.14. The van der Waals surface area contributed by atoms with Crippen LogP contribution in [0.3, 0.4) is 0 Å². The monoisotopic (exact) mass is 317 g/mol. The molecule has 0 amide bonds. The Morgan fingerprint density at radius 1 is 0.957 bits per heavy atom. The molecule has 3 heteroatoms. The van der Waals surface area contributed by atoms with Gasteiger partial charge in [0.1, 0.15) is 0 Å². The molecule has 2 aliphatic rings. The average molecular weight is 317 g/mol. The third-order valence-electron chi connectivity index (χ3n) is 5.59. The standard InChI is InChI=1S/C20H31NO2/c1-2-3-7-14-21-17-19(18-8-5-4-6-9-18)10-12-20(13-11-19)22-15-16-23-20/h4-6,8-9,21H,2-3,7,10-17H2,1H3. The largest absolute Gasteiger partial charge is 0.348 e. The lowest BCUT2D eigenvalue weighted by Crippen LogP contribution is -2.47. The highest BCUT2D eigenvalue weighted by molar-refractivity contribution is 5.27. The van der Waals surface area contributed by atoms with Crippen LogP contribution in [0.5, 0.6) is 0 Å². The fourth-order valence-corrected chi connectivity index (χ4v) is 4.08. The van der Waals surface area contributed by atoms with Crippen LogP contribution in [0, 0.1) is 0 Å². The maximum atomic E-state index is 5.93. The summed E-state index contributed by atoms with van der Waals surface area (Å²) in [4.78, 5) is 0. The Morgan fingerprint density at radius 2 is 1.65 bits per heavy atom. The van der Waals surface area contributed by atoms with Crippen molar-refractivity contribution in [3.05, 3.63) is 35.9 Å². The summed E-state index contributed by atoms with van der Waals surface area (Å²) in [5, 5.41) is 3.73. The first-order chi connectivity index (χ1) is 11.3. The highest BCUT2D eigenvalue weighted by Crippen LogP contribution is 2.46. The molecule has 0 atom stereocenters. The molecule has 1 N–H and O–H groups in total. The van der Waals surface area contributed by atoms with E-state index in [2.05, 4.69) is 42.6 Å². The average Bonchev–Trinajstić information content (AvgIpc) is 3.06. The van der Waals surface area contributed by atoms with Crippen molar-refractivity contribution in [3.63, 3.8) is 0 Å². The highest BCUT2D eigenvalue weighted by Gasteiger charge is 2.46. The molecule has 1 spiro atoms. The van der Waals surface area contributed by atoms with Crippen molar-refractivity contribution in [2.24, 2.45) is 0 Å². The quantitative estimate of drug-likeness (QED) is 0.771. The predicted molar refractivity (Wildman–Crippen MR) is 93.6 cm³/mol. The summed E-state index contributed by atoms with van der Waals surface area (Å²) in [5.41, 5.74) is 1.70. The van der Waals surface area contributed by atoms with E-state index in [1.165, 1.54) is 24.8 Å². The zero-order chi connectivity index (χ0) is 16.0. The summed E-state index contributed by atoms with van der Waals surface area (Å²) in [6.45, 7) is 5.96. The van der Waals surface area contributed by atoms with E-state index >= 15 is 0 Å². The molecule has 3 nitrogen and oxygen atoms in total. The molecule has 23 heavy (non-hydrogen) atoms. The zero-order valence-corrected chi connectivity index (χ0v) is 14.5. The lowest BCUT2D eigenvalue weighted by molar-refractivity contribution is -0.185. The number of hydrogen-bond donors (Lipinski definition) is 1. The van der Waals surface area contributed by atoms with Crippen LogP contribution < -0.4 is 5.32 Å². The van der Waals surface area contributed by atoms with E-state index in [0.29, 0.717) is 0 Å². The smallest absolute Gasteiger partial charge is 0.168 e. The molecule has 3 rings (SSSR count). The van der Waals surface area contributed by atoms with Gasteiger partial charge in [-0.25, -0.2) is 0 Å². The van der Waals surface area contributed by atoms with E-state index in [9.17, 15) is 0 Å². The molecule has 2 fully saturated rings. The van der Waals surface area contributed by atoms with Crippen LogP contribution in [-0.2, 0) is 14.9 Å². The molecule has 1 aliphatic heterocycles. The van der Waals surface area contributed by atoms with Crippen molar-refractivity contribution in [2.75, 3.05) is 26.3 Å². The van der Waals surface area contributed by atoms with Crippen molar-refractivity contribution in [1.29, 1.82) is 0 Å². The van der Waals surface area contributed by atoms with Crippen LogP contribution in [0.2, 0.25) is 0 Å². The molecular weight excluding hydrogens is 286 g/mol. The predicted octanol–water partition coefficient (Wildman–Crippen LogP) is 4.02. The summed E-state index contributed by atoms with van der Waals surface area (Å²) >= 11 is 0. The third kappa shape index (κ3) is 3.96. The van der Waals surface area contributed by atoms with Crippen LogP contribution in [0.15, 0.2) is 30.3 Å². The number of benzene rings is 1. The molecule has 1 saturated carbocycles. The van der Waals surface area contributed by atoms with E-state index < -0.39 is 0 Å². The van der Waals surface area contributed by atoms with Crippen LogP contribution in [0.25, 0.3) is 0 Å². The van der Waals surface area contributed by atoms with Gasteiger partial charge in [-0.3, -0.25) is 0 Å². The van der Waals surface area contributed by atoms with Gasteiger partial charge in [-0.1, -0.05) is 50.1 Å². The number of unbranched alkanes of at least 4 members (excludes halogenated alkanes) is 2. The van der Waals surface area contributed by atoms with Crippen LogP contribution in [0.4, 0.5) is 0 Å². The Kier molecular flexibility index (Phi) is 5.73. The first kappa shape index (κ1) is 16.9. The number of nitrogens with one attached hydrogen (secondary N) is 1. The van der Waals surface area contributed by atoms with E-state index in [0.717, 1.165) is 52.0 Å². The van der Waals surface area contributed by atoms with Crippen LogP contribution in [-0.4, -0.2) is 32.1 Å². The van der Waals surface area contributed by atoms with Crippen molar-refractivity contribution < 1.29 is 9.47 Å².